The second-order valence-electron chi connectivity index (χ2n) is 7.31. The summed E-state index contributed by atoms with van der Waals surface area (Å²) in [4.78, 5) is 28.6. The highest BCUT2D eigenvalue weighted by molar-refractivity contribution is 5.89. The van der Waals surface area contributed by atoms with Crippen molar-refractivity contribution >= 4 is 17.6 Å². The smallest absolute Gasteiger partial charge is 0.374 e. The van der Waals surface area contributed by atoms with Crippen LogP contribution in [-0.4, -0.2) is 56.7 Å². The molecular weight excluding hydrogens is 415 g/mol. The second kappa shape index (κ2) is 9.55. The first kappa shape index (κ1) is 21.4. The molecule has 0 spiro atoms. The van der Waals surface area contributed by atoms with Crippen molar-refractivity contribution in [2.24, 2.45) is 0 Å². The Kier molecular flexibility index (Phi) is 6.39. The number of amides is 1. The van der Waals surface area contributed by atoms with Gasteiger partial charge in [-0.2, -0.15) is 0 Å². The van der Waals surface area contributed by atoms with Crippen LogP contribution in [0.3, 0.4) is 0 Å². The van der Waals surface area contributed by atoms with Crippen LogP contribution in [0.15, 0.2) is 65.1 Å². The van der Waals surface area contributed by atoms with E-state index in [9.17, 15) is 14.0 Å². The van der Waals surface area contributed by atoms with E-state index in [-0.39, 0.29) is 24.1 Å². The Morgan fingerprint density at radius 2 is 1.62 bits per heavy atom. The molecular formula is C24H23FN2O5. The van der Waals surface area contributed by atoms with E-state index < -0.39 is 5.97 Å². The van der Waals surface area contributed by atoms with E-state index in [1.165, 1.54) is 18.2 Å². The van der Waals surface area contributed by atoms with Crippen molar-refractivity contribution in [3.63, 3.8) is 0 Å². The number of halogens is 1. The van der Waals surface area contributed by atoms with Crippen LogP contribution in [0, 0.1) is 5.82 Å². The van der Waals surface area contributed by atoms with E-state index in [2.05, 4.69) is 4.90 Å². The summed E-state index contributed by atoms with van der Waals surface area (Å²) in [7, 11) is 1.63. The summed E-state index contributed by atoms with van der Waals surface area (Å²) in [6, 6.07) is 16.6. The molecule has 0 radical (unpaired) electrons. The third kappa shape index (κ3) is 4.91. The van der Waals surface area contributed by atoms with E-state index in [1.807, 2.05) is 24.3 Å². The molecule has 8 heteroatoms. The number of carbonyl (C=O) groups is 2. The maximum atomic E-state index is 13.1. The number of furan rings is 1. The molecule has 0 unspecified atom stereocenters. The lowest BCUT2D eigenvalue weighted by Crippen LogP contribution is -2.49. The minimum absolute atomic E-state index is 0.0125. The van der Waals surface area contributed by atoms with Crippen LogP contribution in [0.25, 0.3) is 11.3 Å². The Labute approximate surface area is 184 Å². The van der Waals surface area contributed by atoms with Crippen LogP contribution < -0.4 is 9.64 Å². The lowest BCUT2D eigenvalue weighted by atomic mass is 10.2. The summed E-state index contributed by atoms with van der Waals surface area (Å²) >= 11 is 0. The molecule has 0 atom stereocenters. The van der Waals surface area contributed by atoms with Gasteiger partial charge in [0.25, 0.3) is 5.91 Å². The Morgan fingerprint density at radius 1 is 0.938 bits per heavy atom. The van der Waals surface area contributed by atoms with Crippen molar-refractivity contribution in [1.82, 2.24) is 4.90 Å². The Hall–Kier alpha value is -3.81. The van der Waals surface area contributed by atoms with Crippen LogP contribution in [0.2, 0.25) is 0 Å². The summed E-state index contributed by atoms with van der Waals surface area (Å²) in [5.41, 5.74) is 1.70. The number of carbonyl (C=O) groups excluding carboxylic acids is 2. The number of benzene rings is 2. The van der Waals surface area contributed by atoms with Crippen molar-refractivity contribution in [3.8, 4) is 17.1 Å². The van der Waals surface area contributed by atoms with Crippen molar-refractivity contribution in [3.05, 3.63) is 72.2 Å². The van der Waals surface area contributed by atoms with Gasteiger partial charge in [-0.1, -0.05) is 0 Å². The Bertz CT molecular complexity index is 1070. The van der Waals surface area contributed by atoms with E-state index in [0.717, 1.165) is 11.4 Å². The number of ether oxygens (including phenoxy) is 2. The molecule has 0 aliphatic carbocycles. The molecule has 32 heavy (non-hydrogen) atoms. The van der Waals surface area contributed by atoms with Crippen molar-refractivity contribution in [1.29, 1.82) is 0 Å². The van der Waals surface area contributed by atoms with Crippen LogP contribution in [0.1, 0.15) is 10.6 Å². The van der Waals surface area contributed by atoms with Crippen molar-refractivity contribution < 1.29 is 27.9 Å². The quantitative estimate of drug-likeness (QED) is 0.548. The minimum atomic E-state index is -0.719. The Balaban J connectivity index is 1.26. The molecule has 1 aliphatic rings. The third-order valence-electron chi connectivity index (χ3n) is 5.33. The van der Waals surface area contributed by atoms with Gasteiger partial charge in [0.15, 0.2) is 6.61 Å². The highest BCUT2D eigenvalue weighted by Crippen LogP contribution is 2.23. The number of methoxy groups -OCH3 is 1. The molecule has 1 aromatic heterocycles. The summed E-state index contributed by atoms with van der Waals surface area (Å²) in [5.74, 6) is -0.130. The van der Waals surface area contributed by atoms with Crippen molar-refractivity contribution in [2.45, 2.75) is 0 Å². The number of anilines is 1. The fraction of sp³-hybridized carbons (Fsp3) is 0.250. The van der Waals surface area contributed by atoms with Crippen LogP contribution in [-0.2, 0) is 9.53 Å². The summed E-state index contributed by atoms with van der Waals surface area (Å²) in [6.07, 6.45) is 0. The number of hydrogen-bond acceptors (Lipinski definition) is 6. The lowest BCUT2D eigenvalue weighted by Gasteiger charge is -2.36. The Morgan fingerprint density at radius 3 is 2.28 bits per heavy atom. The molecule has 0 N–H and O–H groups in total. The first-order valence-corrected chi connectivity index (χ1v) is 10.2. The largest absolute Gasteiger partial charge is 0.497 e. The summed E-state index contributed by atoms with van der Waals surface area (Å²) in [6.45, 7) is 2.10. The van der Waals surface area contributed by atoms with Gasteiger partial charge < -0.3 is 23.7 Å². The number of piperazine rings is 1. The van der Waals surface area contributed by atoms with E-state index in [4.69, 9.17) is 13.9 Å². The normalized spacial score (nSPS) is 13.7. The molecule has 0 saturated carbocycles. The third-order valence-corrected chi connectivity index (χ3v) is 5.33. The number of rotatable bonds is 6. The molecule has 7 nitrogen and oxygen atoms in total. The van der Waals surface area contributed by atoms with Crippen molar-refractivity contribution in [2.75, 3.05) is 44.8 Å². The highest BCUT2D eigenvalue weighted by Gasteiger charge is 2.23. The van der Waals surface area contributed by atoms with Gasteiger partial charge in [-0.3, -0.25) is 4.79 Å². The zero-order valence-electron chi connectivity index (χ0n) is 17.6. The van der Waals surface area contributed by atoms with Crippen LogP contribution in [0.5, 0.6) is 5.75 Å². The molecule has 166 valence electrons. The van der Waals surface area contributed by atoms with Gasteiger partial charge in [-0.25, -0.2) is 9.18 Å². The van der Waals surface area contributed by atoms with Gasteiger partial charge >= 0.3 is 5.97 Å². The van der Waals surface area contributed by atoms with Crippen LogP contribution in [0.4, 0.5) is 10.1 Å². The second-order valence-corrected chi connectivity index (χ2v) is 7.31. The van der Waals surface area contributed by atoms with Gasteiger partial charge in [0, 0.05) is 37.4 Å². The molecule has 3 aromatic rings. The molecule has 2 aromatic carbocycles. The SMILES string of the molecule is COc1ccc(N2CCN(C(=O)COC(=O)c3ccc(-c4ccc(F)cc4)o3)CC2)cc1. The molecule has 1 amide bonds. The van der Waals surface area contributed by atoms with E-state index >= 15 is 0 Å². The van der Waals surface area contributed by atoms with Gasteiger partial charge in [0.2, 0.25) is 5.76 Å². The van der Waals surface area contributed by atoms with E-state index in [0.29, 0.717) is 37.5 Å². The first-order chi connectivity index (χ1) is 15.5. The zero-order valence-corrected chi connectivity index (χ0v) is 17.6. The monoisotopic (exact) mass is 438 g/mol. The molecule has 4 rings (SSSR count). The van der Waals surface area contributed by atoms with Crippen LogP contribution >= 0.6 is 0 Å². The fourth-order valence-electron chi connectivity index (χ4n) is 3.51. The average Bonchev–Trinajstić information content (AvgIpc) is 3.33. The molecule has 1 aliphatic heterocycles. The molecule has 0 bridgehead atoms. The van der Waals surface area contributed by atoms with Gasteiger partial charge in [-0.05, 0) is 60.7 Å². The number of nitrogens with zero attached hydrogens (tertiary/aromatic N) is 2. The molecule has 1 fully saturated rings. The fourth-order valence-corrected chi connectivity index (χ4v) is 3.51. The predicted octanol–water partition coefficient (Wildman–Crippen LogP) is 3.60. The maximum Gasteiger partial charge on any atom is 0.374 e. The number of hydrogen-bond donors (Lipinski definition) is 0. The first-order valence-electron chi connectivity index (χ1n) is 10.2. The van der Waals surface area contributed by atoms with E-state index in [1.54, 1.807) is 30.2 Å². The topological polar surface area (TPSA) is 72.2 Å². The summed E-state index contributed by atoms with van der Waals surface area (Å²) < 4.78 is 28.9. The molecule has 1 saturated heterocycles. The standard InChI is InChI=1S/C24H23FN2O5/c1-30-20-8-6-19(7-9-20)26-12-14-27(15-13-26)23(28)16-31-24(29)22-11-10-21(32-22)17-2-4-18(25)5-3-17/h2-11H,12-16H2,1H3. The van der Waals surface area contributed by atoms with Gasteiger partial charge in [-0.15, -0.1) is 0 Å². The average molecular weight is 438 g/mol. The zero-order chi connectivity index (χ0) is 22.5. The minimum Gasteiger partial charge on any atom is -0.497 e. The summed E-state index contributed by atoms with van der Waals surface area (Å²) in [5, 5.41) is 0. The molecule has 2 heterocycles. The highest BCUT2D eigenvalue weighted by atomic mass is 19.1. The lowest BCUT2D eigenvalue weighted by molar-refractivity contribution is -0.134. The number of esters is 1. The van der Waals surface area contributed by atoms with Gasteiger partial charge in [0.1, 0.15) is 17.3 Å². The maximum absolute atomic E-state index is 13.1. The predicted molar refractivity (Wildman–Crippen MR) is 116 cm³/mol. The van der Waals surface area contributed by atoms with Gasteiger partial charge in [0.05, 0.1) is 7.11 Å².